The van der Waals surface area contributed by atoms with Crippen LogP contribution in [0.2, 0.25) is 0 Å². The highest BCUT2D eigenvalue weighted by molar-refractivity contribution is 7.99. The third-order valence-corrected chi connectivity index (χ3v) is 4.40. The minimum Gasteiger partial charge on any atom is -0.396 e. The average molecular weight is 290 g/mol. The fourth-order valence-corrected chi connectivity index (χ4v) is 2.98. The quantitative estimate of drug-likeness (QED) is 0.656. The molecular formula is C15H18N2O2S. The monoisotopic (exact) mass is 290 g/mol. The SMILES string of the molecule is Cc1nn(-c2ccccc2)c(SCC(C)CO)c1C=O. The Labute approximate surface area is 122 Å². The summed E-state index contributed by atoms with van der Waals surface area (Å²) in [6.45, 7) is 3.95. The summed E-state index contributed by atoms with van der Waals surface area (Å²) >= 11 is 1.56. The van der Waals surface area contributed by atoms with E-state index in [1.54, 1.807) is 16.4 Å². The second-order valence-corrected chi connectivity index (χ2v) is 5.78. The van der Waals surface area contributed by atoms with Gasteiger partial charge in [0, 0.05) is 12.4 Å². The second kappa shape index (κ2) is 6.72. The van der Waals surface area contributed by atoms with E-state index in [9.17, 15) is 4.79 Å². The lowest BCUT2D eigenvalue weighted by Gasteiger charge is -2.10. The number of aliphatic hydroxyl groups excluding tert-OH is 1. The Morgan fingerprint density at radius 2 is 2.10 bits per heavy atom. The molecule has 1 aromatic carbocycles. The topological polar surface area (TPSA) is 55.1 Å². The smallest absolute Gasteiger partial charge is 0.154 e. The van der Waals surface area contributed by atoms with Crippen LogP contribution in [0.5, 0.6) is 0 Å². The summed E-state index contributed by atoms with van der Waals surface area (Å²) in [6, 6.07) is 9.75. The highest BCUT2D eigenvalue weighted by atomic mass is 32.2. The van der Waals surface area contributed by atoms with Gasteiger partial charge < -0.3 is 5.11 Å². The van der Waals surface area contributed by atoms with Crippen molar-refractivity contribution < 1.29 is 9.90 Å². The minimum atomic E-state index is 0.141. The Morgan fingerprint density at radius 3 is 2.70 bits per heavy atom. The molecule has 2 aromatic rings. The zero-order valence-corrected chi connectivity index (χ0v) is 12.4. The molecule has 0 aliphatic rings. The molecule has 0 aliphatic carbocycles. The van der Waals surface area contributed by atoms with Crippen molar-refractivity contribution in [1.82, 2.24) is 9.78 Å². The molecule has 0 bridgehead atoms. The van der Waals surface area contributed by atoms with Crippen LogP contribution in [0.15, 0.2) is 35.4 Å². The van der Waals surface area contributed by atoms with Crippen molar-refractivity contribution in [3.8, 4) is 5.69 Å². The molecule has 106 valence electrons. The van der Waals surface area contributed by atoms with Crippen LogP contribution in [0.4, 0.5) is 0 Å². The lowest BCUT2D eigenvalue weighted by molar-refractivity contribution is 0.112. The molecule has 0 saturated heterocycles. The lowest BCUT2D eigenvalue weighted by Crippen LogP contribution is -2.05. The van der Waals surface area contributed by atoms with E-state index in [-0.39, 0.29) is 12.5 Å². The predicted octanol–water partition coefficient (Wildman–Crippen LogP) is 2.71. The fourth-order valence-electron chi connectivity index (χ4n) is 1.81. The molecule has 20 heavy (non-hydrogen) atoms. The lowest BCUT2D eigenvalue weighted by atomic mass is 10.2. The number of aromatic nitrogens is 2. The van der Waals surface area contributed by atoms with E-state index >= 15 is 0 Å². The minimum absolute atomic E-state index is 0.141. The summed E-state index contributed by atoms with van der Waals surface area (Å²) in [7, 11) is 0. The van der Waals surface area contributed by atoms with Gasteiger partial charge in [-0.3, -0.25) is 4.79 Å². The van der Waals surface area contributed by atoms with E-state index in [1.165, 1.54) is 0 Å². The van der Waals surface area contributed by atoms with Gasteiger partial charge >= 0.3 is 0 Å². The van der Waals surface area contributed by atoms with Crippen LogP contribution in [0.1, 0.15) is 23.0 Å². The number of nitrogens with zero attached hydrogens (tertiary/aromatic N) is 2. The molecule has 0 amide bonds. The largest absolute Gasteiger partial charge is 0.396 e. The molecular weight excluding hydrogens is 272 g/mol. The number of carbonyl (C=O) groups is 1. The number of aliphatic hydroxyl groups is 1. The molecule has 1 atom stereocenters. The zero-order valence-electron chi connectivity index (χ0n) is 11.6. The molecule has 1 unspecified atom stereocenters. The van der Waals surface area contributed by atoms with Gasteiger partial charge in [0.1, 0.15) is 5.03 Å². The molecule has 0 aliphatic heterocycles. The van der Waals surface area contributed by atoms with Gasteiger partial charge in [-0.05, 0) is 25.0 Å². The molecule has 0 fully saturated rings. The van der Waals surface area contributed by atoms with Crippen LogP contribution in [-0.2, 0) is 0 Å². The van der Waals surface area contributed by atoms with Gasteiger partial charge in [-0.1, -0.05) is 25.1 Å². The summed E-state index contributed by atoms with van der Waals surface area (Å²) in [6.07, 6.45) is 0.855. The van der Waals surface area contributed by atoms with Crippen LogP contribution >= 0.6 is 11.8 Å². The summed E-state index contributed by atoms with van der Waals surface area (Å²) in [4.78, 5) is 11.3. The number of carbonyl (C=O) groups excluding carboxylic acids is 1. The Morgan fingerprint density at radius 1 is 1.40 bits per heavy atom. The van der Waals surface area contributed by atoms with Crippen LogP contribution in [-0.4, -0.2) is 33.5 Å². The Hall–Kier alpha value is -1.59. The third-order valence-electron chi connectivity index (χ3n) is 3.00. The predicted molar refractivity (Wildman–Crippen MR) is 80.7 cm³/mol. The maximum Gasteiger partial charge on any atom is 0.154 e. The molecule has 0 saturated carbocycles. The van der Waals surface area contributed by atoms with Gasteiger partial charge in [-0.15, -0.1) is 11.8 Å². The first-order valence-corrected chi connectivity index (χ1v) is 7.49. The van der Waals surface area contributed by atoms with Gasteiger partial charge in [0.15, 0.2) is 6.29 Å². The highest BCUT2D eigenvalue weighted by Crippen LogP contribution is 2.28. The normalized spacial score (nSPS) is 12.3. The van der Waals surface area contributed by atoms with E-state index in [0.29, 0.717) is 5.56 Å². The number of para-hydroxylation sites is 1. The van der Waals surface area contributed by atoms with Crippen molar-refractivity contribution in [2.24, 2.45) is 5.92 Å². The number of thioether (sulfide) groups is 1. The number of hydrogen-bond acceptors (Lipinski definition) is 4. The summed E-state index contributed by atoms with van der Waals surface area (Å²) in [5.74, 6) is 0.925. The molecule has 1 N–H and O–H groups in total. The first-order chi connectivity index (χ1) is 9.67. The zero-order chi connectivity index (χ0) is 14.5. The maximum absolute atomic E-state index is 11.3. The Kier molecular flexibility index (Phi) is 4.98. The summed E-state index contributed by atoms with van der Waals surface area (Å²) < 4.78 is 1.80. The van der Waals surface area contributed by atoms with Gasteiger partial charge in [-0.25, -0.2) is 4.68 Å². The Bertz CT molecular complexity index is 581. The number of hydrogen-bond donors (Lipinski definition) is 1. The van der Waals surface area contributed by atoms with E-state index in [4.69, 9.17) is 5.11 Å². The first-order valence-electron chi connectivity index (χ1n) is 6.51. The van der Waals surface area contributed by atoms with Gasteiger partial charge in [0.25, 0.3) is 0 Å². The van der Waals surface area contributed by atoms with E-state index in [1.807, 2.05) is 44.2 Å². The van der Waals surface area contributed by atoms with Crippen LogP contribution in [0.25, 0.3) is 5.69 Å². The highest BCUT2D eigenvalue weighted by Gasteiger charge is 2.17. The number of aryl methyl sites for hydroxylation is 1. The van der Waals surface area contributed by atoms with Crippen molar-refractivity contribution in [3.05, 3.63) is 41.6 Å². The van der Waals surface area contributed by atoms with Gasteiger partial charge in [0.2, 0.25) is 0 Å². The van der Waals surface area contributed by atoms with Crippen LogP contribution in [0.3, 0.4) is 0 Å². The molecule has 2 rings (SSSR count). The van der Waals surface area contributed by atoms with Crippen molar-refractivity contribution >= 4 is 18.0 Å². The molecule has 1 heterocycles. The average Bonchev–Trinajstić information content (AvgIpc) is 2.81. The molecule has 4 nitrogen and oxygen atoms in total. The second-order valence-electron chi connectivity index (χ2n) is 4.77. The van der Waals surface area contributed by atoms with Gasteiger partial charge in [0.05, 0.1) is 16.9 Å². The van der Waals surface area contributed by atoms with Crippen molar-refractivity contribution in [3.63, 3.8) is 0 Å². The summed E-state index contributed by atoms with van der Waals surface area (Å²) in [5.41, 5.74) is 2.29. The van der Waals surface area contributed by atoms with Crippen molar-refractivity contribution in [1.29, 1.82) is 0 Å². The third kappa shape index (κ3) is 3.11. The number of rotatable bonds is 6. The van der Waals surface area contributed by atoms with E-state index in [0.717, 1.165) is 28.4 Å². The first kappa shape index (κ1) is 14.8. The fraction of sp³-hybridized carbons (Fsp3) is 0.333. The number of aldehydes is 1. The van der Waals surface area contributed by atoms with Crippen LogP contribution < -0.4 is 0 Å². The standard InChI is InChI=1S/C15H18N2O2S/c1-11(8-18)10-20-15-14(9-19)12(2)16-17(15)13-6-4-3-5-7-13/h3-7,9,11,18H,8,10H2,1-2H3. The van der Waals surface area contributed by atoms with E-state index in [2.05, 4.69) is 5.10 Å². The summed E-state index contributed by atoms with van der Waals surface area (Å²) in [5, 5.41) is 14.4. The van der Waals surface area contributed by atoms with Crippen molar-refractivity contribution in [2.75, 3.05) is 12.4 Å². The van der Waals surface area contributed by atoms with E-state index < -0.39 is 0 Å². The van der Waals surface area contributed by atoms with Crippen molar-refractivity contribution in [2.45, 2.75) is 18.9 Å². The molecule has 0 spiro atoms. The molecule has 0 radical (unpaired) electrons. The maximum atomic E-state index is 11.3. The molecule has 1 aromatic heterocycles. The Balaban J connectivity index is 2.39. The van der Waals surface area contributed by atoms with Gasteiger partial charge in [-0.2, -0.15) is 5.10 Å². The molecule has 5 heteroatoms. The van der Waals surface area contributed by atoms with Crippen LogP contribution in [0, 0.1) is 12.8 Å². The number of benzene rings is 1.